The summed E-state index contributed by atoms with van der Waals surface area (Å²) in [5, 5.41) is 5.47. The third-order valence-electron chi connectivity index (χ3n) is 4.00. The van der Waals surface area contributed by atoms with Crippen molar-refractivity contribution in [2.75, 3.05) is 18.4 Å². The van der Waals surface area contributed by atoms with Gasteiger partial charge in [-0.05, 0) is 43.2 Å². The van der Waals surface area contributed by atoms with Crippen LogP contribution in [-0.2, 0) is 0 Å². The molecule has 6 heteroatoms. The molecule has 4 amide bonds. The molecule has 25 heavy (non-hydrogen) atoms. The molecular formula is C19H19N3O3. The Hall–Kier alpha value is -3.15. The molecule has 1 aliphatic heterocycles. The van der Waals surface area contributed by atoms with Crippen molar-refractivity contribution in [1.29, 1.82) is 0 Å². The van der Waals surface area contributed by atoms with Gasteiger partial charge in [-0.1, -0.05) is 24.3 Å². The van der Waals surface area contributed by atoms with Crippen molar-refractivity contribution >= 4 is 23.5 Å². The SMILES string of the molecule is Cc1cccc(NC(=O)NCCCN2C(=O)c3ccccc3C2=O)c1. The second-order valence-corrected chi connectivity index (χ2v) is 5.91. The van der Waals surface area contributed by atoms with Crippen LogP contribution in [0.2, 0.25) is 0 Å². The maximum Gasteiger partial charge on any atom is 0.319 e. The largest absolute Gasteiger partial charge is 0.338 e. The zero-order valence-corrected chi connectivity index (χ0v) is 13.9. The van der Waals surface area contributed by atoms with E-state index in [0.717, 1.165) is 11.3 Å². The summed E-state index contributed by atoms with van der Waals surface area (Å²) in [6.45, 7) is 2.59. The predicted octanol–water partition coefficient (Wildman–Crippen LogP) is 2.80. The third-order valence-corrected chi connectivity index (χ3v) is 4.00. The van der Waals surface area contributed by atoms with Gasteiger partial charge in [-0.2, -0.15) is 0 Å². The second-order valence-electron chi connectivity index (χ2n) is 5.91. The summed E-state index contributed by atoms with van der Waals surface area (Å²) in [6, 6.07) is 14.0. The molecule has 3 rings (SSSR count). The van der Waals surface area contributed by atoms with Crippen LogP contribution in [0.3, 0.4) is 0 Å². The number of imide groups is 1. The van der Waals surface area contributed by atoms with Crippen molar-refractivity contribution in [3.8, 4) is 0 Å². The Morgan fingerprint density at radius 1 is 1.00 bits per heavy atom. The van der Waals surface area contributed by atoms with Crippen LogP contribution in [0, 0.1) is 6.92 Å². The number of urea groups is 1. The van der Waals surface area contributed by atoms with Gasteiger partial charge in [-0.15, -0.1) is 0 Å². The van der Waals surface area contributed by atoms with Crippen molar-refractivity contribution in [2.45, 2.75) is 13.3 Å². The maximum absolute atomic E-state index is 12.2. The van der Waals surface area contributed by atoms with Crippen LogP contribution in [0.5, 0.6) is 0 Å². The first-order valence-electron chi connectivity index (χ1n) is 8.13. The molecule has 0 unspecified atom stereocenters. The van der Waals surface area contributed by atoms with E-state index < -0.39 is 0 Å². The molecule has 0 spiro atoms. The number of amides is 4. The molecule has 1 heterocycles. The smallest absolute Gasteiger partial charge is 0.319 e. The van der Waals surface area contributed by atoms with Gasteiger partial charge < -0.3 is 10.6 Å². The third kappa shape index (κ3) is 3.68. The minimum atomic E-state index is -0.312. The number of fused-ring (bicyclic) bond motifs is 1. The summed E-state index contributed by atoms with van der Waals surface area (Å²) in [5.41, 5.74) is 2.66. The molecule has 0 fully saturated rings. The Morgan fingerprint density at radius 2 is 1.68 bits per heavy atom. The van der Waals surface area contributed by atoms with E-state index in [9.17, 15) is 14.4 Å². The molecule has 6 nitrogen and oxygen atoms in total. The normalized spacial score (nSPS) is 12.9. The zero-order chi connectivity index (χ0) is 17.8. The van der Waals surface area contributed by atoms with Crippen molar-refractivity contribution in [3.05, 3.63) is 65.2 Å². The average Bonchev–Trinajstić information content (AvgIpc) is 2.84. The van der Waals surface area contributed by atoms with E-state index in [1.807, 2.05) is 31.2 Å². The van der Waals surface area contributed by atoms with Crippen LogP contribution in [0.4, 0.5) is 10.5 Å². The lowest BCUT2D eigenvalue weighted by atomic mass is 10.1. The van der Waals surface area contributed by atoms with E-state index in [1.165, 1.54) is 4.90 Å². The summed E-state index contributed by atoms with van der Waals surface area (Å²) in [5.74, 6) is -0.547. The van der Waals surface area contributed by atoms with Gasteiger partial charge in [0, 0.05) is 18.8 Å². The molecule has 128 valence electrons. The number of carbonyl (C=O) groups is 3. The summed E-state index contributed by atoms with van der Waals surface area (Å²) in [6.07, 6.45) is 0.493. The van der Waals surface area contributed by atoms with Crippen molar-refractivity contribution in [2.24, 2.45) is 0 Å². The molecule has 1 aliphatic rings. The lowest BCUT2D eigenvalue weighted by molar-refractivity contribution is 0.0653. The van der Waals surface area contributed by atoms with Gasteiger partial charge in [-0.25, -0.2) is 4.79 Å². The molecular weight excluding hydrogens is 318 g/mol. The monoisotopic (exact) mass is 337 g/mol. The van der Waals surface area contributed by atoms with Crippen LogP contribution < -0.4 is 10.6 Å². The van der Waals surface area contributed by atoms with Gasteiger partial charge in [-0.3, -0.25) is 14.5 Å². The lowest BCUT2D eigenvalue weighted by Gasteiger charge is -2.14. The first-order chi connectivity index (χ1) is 12.1. The number of carbonyl (C=O) groups excluding carboxylic acids is 3. The highest BCUT2D eigenvalue weighted by molar-refractivity contribution is 6.21. The zero-order valence-electron chi connectivity index (χ0n) is 13.9. The standard InChI is InChI=1S/C19H19N3O3/c1-13-6-4-7-14(12-13)21-19(25)20-10-5-11-22-17(23)15-8-2-3-9-16(15)18(22)24/h2-4,6-9,12H,5,10-11H2,1H3,(H2,20,21,25). The molecule has 2 N–H and O–H groups in total. The van der Waals surface area contributed by atoms with Gasteiger partial charge >= 0.3 is 6.03 Å². The molecule has 0 radical (unpaired) electrons. The second kappa shape index (κ2) is 7.17. The Bertz CT molecular complexity index is 797. The van der Waals surface area contributed by atoms with Crippen molar-refractivity contribution in [3.63, 3.8) is 0 Å². The van der Waals surface area contributed by atoms with Crippen LogP contribution in [0.25, 0.3) is 0 Å². The van der Waals surface area contributed by atoms with Gasteiger partial charge in [0.15, 0.2) is 0 Å². The van der Waals surface area contributed by atoms with E-state index in [1.54, 1.807) is 24.3 Å². The van der Waals surface area contributed by atoms with Gasteiger partial charge in [0.2, 0.25) is 0 Å². The Labute approximate surface area is 145 Å². The number of anilines is 1. The summed E-state index contributed by atoms with van der Waals surface area (Å²) >= 11 is 0. The van der Waals surface area contributed by atoms with E-state index in [4.69, 9.17) is 0 Å². The highest BCUT2D eigenvalue weighted by atomic mass is 16.2. The molecule has 0 saturated heterocycles. The maximum atomic E-state index is 12.2. The van der Waals surface area contributed by atoms with Gasteiger partial charge in [0.25, 0.3) is 11.8 Å². The highest BCUT2D eigenvalue weighted by Gasteiger charge is 2.34. The lowest BCUT2D eigenvalue weighted by Crippen LogP contribution is -2.35. The average molecular weight is 337 g/mol. The molecule has 2 aromatic carbocycles. The van der Waals surface area contributed by atoms with Crippen LogP contribution in [0.15, 0.2) is 48.5 Å². The number of hydrogen-bond donors (Lipinski definition) is 2. The van der Waals surface area contributed by atoms with Crippen LogP contribution in [-0.4, -0.2) is 35.8 Å². The first-order valence-corrected chi connectivity index (χ1v) is 8.13. The molecule has 0 atom stereocenters. The molecule has 0 aliphatic carbocycles. The number of nitrogens with one attached hydrogen (secondary N) is 2. The van der Waals surface area contributed by atoms with Gasteiger partial charge in [0.1, 0.15) is 0 Å². The Balaban J connectivity index is 1.45. The fourth-order valence-electron chi connectivity index (χ4n) is 2.78. The van der Waals surface area contributed by atoms with E-state index in [0.29, 0.717) is 24.1 Å². The number of benzene rings is 2. The number of hydrogen-bond acceptors (Lipinski definition) is 3. The highest BCUT2D eigenvalue weighted by Crippen LogP contribution is 2.22. The molecule has 0 aromatic heterocycles. The Kier molecular flexibility index (Phi) is 4.79. The fourth-order valence-corrected chi connectivity index (χ4v) is 2.78. The minimum Gasteiger partial charge on any atom is -0.338 e. The minimum absolute atomic E-state index is 0.273. The van der Waals surface area contributed by atoms with E-state index in [2.05, 4.69) is 10.6 Å². The Morgan fingerprint density at radius 3 is 2.32 bits per heavy atom. The molecule has 2 aromatic rings. The predicted molar refractivity (Wildman–Crippen MR) is 94.6 cm³/mol. The van der Waals surface area contributed by atoms with Crippen LogP contribution >= 0.6 is 0 Å². The van der Waals surface area contributed by atoms with Crippen molar-refractivity contribution in [1.82, 2.24) is 10.2 Å². The summed E-state index contributed by atoms with van der Waals surface area (Å²) in [7, 11) is 0. The quantitative estimate of drug-likeness (QED) is 0.650. The van der Waals surface area contributed by atoms with Crippen LogP contribution in [0.1, 0.15) is 32.7 Å². The number of aryl methyl sites for hydroxylation is 1. The topological polar surface area (TPSA) is 78.5 Å². The van der Waals surface area contributed by atoms with E-state index in [-0.39, 0.29) is 24.4 Å². The molecule has 0 saturated carbocycles. The van der Waals surface area contributed by atoms with E-state index >= 15 is 0 Å². The fraction of sp³-hybridized carbons (Fsp3) is 0.211. The van der Waals surface area contributed by atoms with Gasteiger partial charge in [0.05, 0.1) is 11.1 Å². The first kappa shape index (κ1) is 16.7. The summed E-state index contributed by atoms with van der Waals surface area (Å²) < 4.78 is 0. The van der Waals surface area contributed by atoms with Crippen molar-refractivity contribution < 1.29 is 14.4 Å². The number of rotatable bonds is 5. The number of nitrogens with zero attached hydrogens (tertiary/aromatic N) is 1. The summed E-state index contributed by atoms with van der Waals surface area (Å²) in [4.78, 5) is 37.5. The molecule has 0 bridgehead atoms.